The highest BCUT2D eigenvalue weighted by molar-refractivity contribution is 9.10. The molecular formula is C12H15BrN2O2S. The Morgan fingerprint density at radius 1 is 1.44 bits per heavy atom. The minimum atomic E-state index is -0.196. The Morgan fingerprint density at radius 2 is 2.11 bits per heavy atom. The van der Waals surface area contributed by atoms with Crippen molar-refractivity contribution in [2.45, 2.75) is 11.8 Å². The molecule has 98 valence electrons. The van der Waals surface area contributed by atoms with E-state index in [0.717, 1.165) is 4.47 Å². The van der Waals surface area contributed by atoms with Crippen molar-refractivity contribution < 1.29 is 9.59 Å². The van der Waals surface area contributed by atoms with Crippen LogP contribution in [0.4, 0.5) is 0 Å². The number of carbonyl (C=O) groups is 2. The van der Waals surface area contributed by atoms with Crippen LogP contribution in [0.15, 0.2) is 27.6 Å². The van der Waals surface area contributed by atoms with Gasteiger partial charge >= 0.3 is 0 Å². The summed E-state index contributed by atoms with van der Waals surface area (Å²) >= 11 is 7.59. The molecule has 2 amide bonds. The maximum atomic E-state index is 12.2. The number of benzene rings is 1. The van der Waals surface area contributed by atoms with Gasteiger partial charge in [0, 0.05) is 23.0 Å². The first-order valence-corrected chi connectivity index (χ1v) is 6.72. The van der Waals surface area contributed by atoms with Crippen LogP contribution in [0.25, 0.3) is 0 Å². The molecule has 0 spiro atoms. The van der Waals surface area contributed by atoms with Crippen LogP contribution in [0, 0.1) is 0 Å². The second-order valence-corrected chi connectivity index (χ2v) is 5.05. The van der Waals surface area contributed by atoms with Crippen molar-refractivity contribution in [1.82, 2.24) is 10.2 Å². The Balaban J connectivity index is 2.93. The fraction of sp³-hybridized carbons (Fsp3) is 0.333. The second kappa shape index (κ2) is 6.80. The summed E-state index contributed by atoms with van der Waals surface area (Å²) in [7, 11) is 1.55. The van der Waals surface area contributed by atoms with Gasteiger partial charge in [0.25, 0.3) is 5.91 Å². The summed E-state index contributed by atoms with van der Waals surface area (Å²) < 4.78 is 0.860. The van der Waals surface area contributed by atoms with Crippen LogP contribution in [0.1, 0.15) is 17.3 Å². The summed E-state index contributed by atoms with van der Waals surface area (Å²) in [6.07, 6.45) is 0. The summed E-state index contributed by atoms with van der Waals surface area (Å²) in [5.41, 5.74) is 0.493. The Labute approximate surface area is 120 Å². The predicted molar refractivity (Wildman–Crippen MR) is 77.0 cm³/mol. The van der Waals surface area contributed by atoms with Crippen LogP contribution in [-0.4, -0.2) is 36.9 Å². The summed E-state index contributed by atoms with van der Waals surface area (Å²) in [5, 5.41) is 2.50. The SMILES string of the molecule is CCN(CC(=O)NC)C(=O)c1ccc(Br)cc1S. The van der Waals surface area contributed by atoms with Gasteiger partial charge in [-0.2, -0.15) is 0 Å². The molecule has 0 unspecified atom stereocenters. The van der Waals surface area contributed by atoms with Gasteiger partial charge in [-0.15, -0.1) is 12.6 Å². The highest BCUT2D eigenvalue weighted by atomic mass is 79.9. The number of carbonyl (C=O) groups excluding carboxylic acids is 2. The lowest BCUT2D eigenvalue weighted by atomic mass is 10.2. The lowest BCUT2D eigenvalue weighted by Crippen LogP contribution is -2.39. The van der Waals surface area contributed by atoms with Gasteiger partial charge in [0.15, 0.2) is 0 Å². The average Bonchev–Trinajstić information content (AvgIpc) is 2.34. The zero-order valence-corrected chi connectivity index (χ0v) is 12.7. The van der Waals surface area contributed by atoms with E-state index >= 15 is 0 Å². The van der Waals surface area contributed by atoms with E-state index in [-0.39, 0.29) is 18.4 Å². The molecule has 1 N–H and O–H groups in total. The van der Waals surface area contributed by atoms with E-state index in [1.165, 1.54) is 4.90 Å². The number of nitrogens with zero attached hydrogens (tertiary/aromatic N) is 1. The molecule has 1 aromatic carbocycles. The fourth-order valence-electron chi connectivity index (χ4n) is 1.44. The van der Waals surface area contributed by atoms with Crippen molar-refractivity contribution in [3.63, 3.8) is 0 Å². The highest BCUT2D eigenvalue weighted by Gasteiger charge is 2.18. The zero-order chi connectivity index (χ0) is 13.7. The molecule has 0 aliphatic carbocycles. The quantitative estimate of drug-likeness (QED) is 0.829. The minimum absolute atomic E-state index is 0.0507. The van der Waals surface area contributed by atoms with Crippen molar-refractivity contribution in [1.29, 1.82) is 0 Å². The maximum absolute atomic E-state index is 12.2. The third-order valence-corrected chi connectivity index (χ3v) is 3.34. The Hall–Kier alpha value is -1.01. The van der Waals surface area contributed by atoms with Gasteiger partial charge in [-0.05, 0) is 25.1 Å². The topological polar surface area (TPSA) is 49.4 Å². The lowest BCUT2D eigenvalue weighted by Gasteiger charge is -2.20. The molecule has 0 radical (unpaired) electrons. The highest BCUT2D eigenvalue weighted by Crippen LogP contribution is 2.21. The van der Waals surface area contributed by atoms with Gasteiger partial charge < -0.3 is 10.2 Å². The van der Waals surface area contributed by atoms with E-state index in [9.17, 15) is 9.59 Å². The van der Waals surface area contributed by atoms with Crippen molar-refractivity contribution in [3.8, 4) is 0 Å². The monoisotopic (exact) mass is 330 g/mol. The first-order valence-electron chi connectivity index (χ1n) is 5.48. The fourth-order valence-corrected chi connectivity index (χ4v) is 2.28. The van der Waals surface area contributed by atoms with E-state index in [2.05, 4.69) is 33.9 Å². The Bertz CT molecular complexity index is 465. The van der Waals surface area contributed by atoms with Crippen LogP contribution in [0.5, 0.6) is 0 Å². The van der Waals surface area contributed by atoms with Crippen LogP contribution in [0.3, 0.4) is 0 Å². The van der Waals surface area contributed by atoms with Crippen molar-refractivity contribution in [3.05, 3.63) is 28.2 Å². The number of amides is 2. The third kappa shape index (κ3) is 3.74. The van der Waals surface area contributed by atoms with Crippen LogP contribution >= 0.6 is 28.6 Å². The molecule has 0 atom stereocenters. The van der Waals surface area contributed by atoms with Crippen LogP contribution in [-0.2, 0) is 4.79 Å². The van der Waals surface area contributed by atoms with Gasteiger partial charge in [0.1, 0.15) is 0 Å². The molecule has 6 heteroatoms. The number of rotatable bonds is 4. The first-order chi connectivity index (χ1) is 8.49. The number of nitrogens with one attached hydrogen (secondary N) is 1. The van der Waals surface area contributed by atoms with Gasteiger partial charge in [0.05, 0.1) is 12.1 Å². The lowest BCUT2D eigenvalue weighted by molar-refractivity contribution is -0.121. The number of hydrogen-bond acceptors (Lipinski definition) is 3. The molecule has 0 aliphatic rings. The maximum Gasteiger partial charge on any atom is 0.255 e. The number of hydrogen-bond donors (Lipinski definition) is 2. The summed E-state index contributed by atoms with van der Waals surface area (Å²) in [5.74, 6) is -0.387. The molecule has 0 aromatic heterocycles. The summed E-state index contributed by atoms with van der Waals surface area (Å²) in [6, 6.07) is 5.23. The smallest absolute Gasteiger partial charge is 0.255 e. The van der Waals surface area contributed by atoms with E-state index in [1.54, 1.807) is 25.2 Å². The van der Waals surface area contributed by atoms with Gasteiger partial charge in [-0.3, -0.25) is 9.59 Å². The molecule has 0 saturated heterocycles. The summed E-state index contributed by atoms with van der Waals surface area (Å²) in [6.45, 7) is 2.35. The normalized spacial score (nSPS) is 10.0. The van der Waals surface area contributed by atoms with Gasteiger partial charge in [0.2, 0.25) is 5.91 Å². The standard InChI is InChI=1S/C12H15BrN2O2S/c1-3-15(7-11(16)14-2)12(17)9-5-4-8(13)6-10(9)18/h4-6,18H,3,7H2,1-2H3,(H,14,16). The summed E-state index contributed by atoms with van der Waals surface area (Å²) in [4.78, 5) is 25.6. The molecule has 0 bridgehead atoms. The van der Waals surface area contributed by atoms with Crippen LogP contribution < -0.4 is 5.32 Å². The van der Waals surface area contributed by atoms with Crippen molar-refractivity contribution in [2.75, 3.05) is 20.1 Å². The molecule has 1 aromatic rings. The number of likely N-dealkylation sites (N-methyl/N-ethyl adjacent to an activating group) is 2. The predicted octanol–water partition coefficient (Wildman–Crippen LogP) is 1.95. The molecule has 4 nitrogen and oxygen atoms in total. The minimum Gasteiger partial charge on any atom is -0.358 e. The van der Waals surface area contributed by atoms with E-state index in [4.69, 9.17) is 0 Å². The molecule has 18 heavy (non-hydrogen) atoms. The Kier molecular flexibility index (Phi) is 5.68. The average molecular weight is 331 g/mol. The van der Waals surface area contributed by atoms with Gasteiger partial charge in [-0.1, -0.05) is 15.9 Å². The van der Waals surface area contributed by atoms with E-state index < -0.39 is 0 Å². The molecule has 0 aliphatic heterocycles. The van der Waals surface area contributed by atoms with E-state index in [1.807, 2.05) is 6.92 Å². The van der Waals surface area contributed by atoms with E-state index in [0.29, 0.717) is 17.0 Å². The first kappa shape index (κ1) is 15.0. The number of halogens is 1. The largest absolute Gasteiger partial charge is 0.358 e. The Morgan fingerprint density at radius 3 is 2.61 bits per heavy atom. The second-order valence-electron chi connectivity index (χ2n) is 3.65. The molecule has 0 fully saturated rings. The molecule has 0 heterocycles. The third-order valence-electron chi connectivity index (χ3n) is 2.47. The molecule has 0 saturated carbocycles. The van der Waals surface area contributed by atoms with Gasteiger partial charge in [-0.25, -0.2) is 0 Å². The van der Waals surface area contributed by atoms with Crippen molar-refractivity contribution >= 4 is 40.4 Å². The zero-order valence-electron chi connectivity index (χ0n) is 10.2. The number of thiol groups is 1. The van der Waals surface area contributed by atoms with Crippen molar-refractivity contribution in [2.24, 2.45) is 0 Å². The molecule has 1 rings (SSSR count). The molecular weight excluding hydrogens is 316 g/mol. The van der Waals surface area contributed by atoms with Crippen LogP contribution in [0.2, 0.25) is 0 Å².